The Morgan fingerprint density at radius 3 is 2.24 bits per heavy atom. The Morgan fingerprint density at radius 2 is 1.59 bits per heavy atom. The lowest BCUT2D eigenvalue weighted by Gasteiger charge is -2.05. The standard InChI is InChI=1S/C12H15N5/c1-8-4-2-3-5-9(8)6-7-10-15-11(13)17-12(14)16-10/h2-5H,6-7H2,1H3,(H4,13,14,15,16,17). The summed E-state index contributed by atoms with van der Waals surface area (Å²) in [6.07, 6.45) is 1.58. The number of hydrogen-bond acceptors (Lipinski definition) is 5. The summed E-state index contributed by atoms with van der Waals surface area (Å²) in [5.41, 5.74) is 13.6. The van der Waals surface area contributed by atoms with Crippen LogP contribution in [0.1, 0.15) is 17.0 Å². The number of rotatable bonds is 3. The van der Waals surface area contributed by atoms with Crippen LogP contribution in [0.25, 0.3) is 0 Å². The Kier molecular flexibility index (Phi) is 3.18. The first-order chi connectivity index (χ1) is 8.15. The smallest absolute Gasteiger partial charge is 0.225 e. The molecular weight excluding hydrogens is 214 g/mol. The molecule has 88 valence electrons. The molecule has 2 aromatic rings. The van der Waals surface area contributed by atoms with Crippen molar-refractivity contribution in [2.45, 2.75) is 19.8 Å². The maximum Gasteiger partial charge on any atom is 0.225 e. The molecule has 0 bridgehead atoms. The fourth-order valence-electron chi connectivity index (χ4n) is 1.71. The Labute approximate surface area is 99.9 Å². The van der Waals surface area contributed by atoms with Gasteiger partial charge in [0, 0.05) is 6.42 Å². The van der Waals surface area contributed by atoms with Crippen molar-refractivity contribution in [3.63, 3.8) is 0 Å². The van der Waals surface area contributed by atoms with Crippen molar-refractivity contribution in [3.05, 3.63) is 41.2 Å². The second kappa shape index (κ2) is 4.78. The van der Waals surface area contributed by atoms with Crippen LogP contribution < -0.4 is 11.5 Å². The fourth-order valence-corrected chi connectivity index (χ4v) is 1.71. The van der Waals surface area contributed by atoms with Crippen LogP contribution in [0.5, 0.6) is 0 Å². The molecular formula is C12H15N5. The number of anilines is 2. The highest BCUT2D eigenvalue weighted by Gasteiger charge is 2.03. The molecule has 1 heterocycles. The van der Waals surface area contributed by atoms with Crippen LogP contribution in [0.4, 0.5) is 11.9 Å². The predicted molar refractivity (Wildman–Crippen MR) is 67.2 cm³/mol. The summed E-state index contributed by atoms with van der Waals surface area (Å²) >= 11 is 0. The van der Waals surface area contributed by atoms with Crippen LogP contribution >= 0.6 is 0 Å². The number of hydrogen-bond donors (Lipinski definition) is 2. The minimum atomic E-state index is 0.178. The van der Waals surface area contributed by atoms with E-state index in [1.807, 2.05) is 12.1 Å². The van der Waals surface area contributed by atoms with Crippen molar-refractivity contribution >= 4 is 11.9 Å². The molecule has 0 spiro atoms. The lowest BCUT2D eigenvalue weighted by Crippen LogP contribution is -2.08. The summed E-state index contributed by atoms with van der Waals surface area (Å²) in [5, 5.41) is 0. The number of benzene rings is 1. The summed E-state index contributed by atoms with van der Waals surface area (Å²) in [6.45, 7) is 2.09. The van der Waals surface area contributed by atoms with Gasteiger partial charge in [-0.3, -0.25) is 0 Å². The van der Waals surface area contributed by atoms with Gasteiger partial charge in [-0.25, -0.2) is 0 Å². The van der Waals surface area contributed by atoms with Gasteiger partial charge in [-0.2, -0.15) is 15.0 Å². The monoisotopic (exact) mass is 229 g/mol. The molecule has 0 fully saturated rings. The molecule has 0 radical (unpaired) electrons. The fraction of sp³-hybridized carbons (Fsp3) is 0.250. The van der Waals surface area contributed by atoms with Gasteiger partial charge in [-0.15, -0.1) is 0 Å². The molecule has 0 saturated heterocycles. The first-order valence-corrected chi connectivity index (χ1v) is 5.45. The van der Waals surface area contributed by atoms with Gasteiger partial charge in [0.2, 0.25) is 11.9 Å². The summed E-state index contributed by atoms with van der Waals surface area (Å²) < 4.78 is 0. The summed E-state index contributed by atoms with van der Waals surface area (Å²) in [6, 6.07) is 8.24. The zero-order chi connectivity index (χ0) is 12.3. The first kappa shape index (κ1) is 11.3. The topological polar surface area (TPSA) is 90.7 Å². The molecule has 2 rings (SSSR count). The van der Waals surface area contributed by atoms with Crippen LogP contribution in [0.3, 0.4) is 0 Å². The zero-order valence-corrected chi connectivity index (χ0v) is 9.72. The third kappa shape index (κ3) is 2.90. The Balaban J connectivity index is 2.10. The lowest BCUT2D eigenvalue weighted by atomic mass is 10.0. The van der Waals surface area contributed by atoms with Crippen molar-refractivity contribution in [1.82, 2.24) is 15.0 Å². The van der Waals surface area contributed by atoms with Gasteiger partial charge < -0.3 is 11.5 Å². The number of aromatic nitrogens is 3. The minimum Gasteiger partial charge on any atom is -0.368 e. The first-order valence-electron chi connectivity index (χ1n) is 5.45. The maximum absolute atomic E-state index is 5.52. The van der Waals surface area contributed by atoms with Gasteiger partial charge in [-0.05, 0) is 24.5 Å². The maximum atomic E-state index is 5.52. The molecule has 5 heteroatoms. The zero-order valence-electron chi connectivity index (χ0n) is 9.72. The van der Waals surface area contributed by atoms with Crippen LogP contribution in [0, 0.1) is 6.92 Å². The molecule has 0 saturated carbocycles. The highest BCUT2D eigenvalue weighted by molar-refractivity contribution is 5.28. The van der Waals surface area contributed by atoms with Gasteiger partial charge in [0.25, 0.3) is 0 Å². The molecule has 0 unspecified atom stereocenters. The highest BCUT2D eigenvalue weighted by atomic mass is 15.1. The second-order valence-corrected chi connectivity index (χ2v) is 3.89. The summed E-state index contributed by atoms with van der Waals surface area (Å²) in [4.78, 5) is 11.8. The highest BCUT2D eigenvalue weighted by Crippen LogP contribution is 2.10. The van der Waals surface area contributed by atoms with Crippen molar-refractivity contribution in [3.8, 4) is 0 Å². The van der Waals surface area contributed by atoms with Crippen LogP contribution in [0.2, 0.25) is 0 Å². The SMILES string of the molecule is Cc1ccccc1CCc1nc(N)nc(N)n1. The predicted octanol–water partition coefficient (Wildman–Crippen LogP) is 1.13. The molecule has 5 nitrogen and oxygen atoms in total. The van der Waals surface area contributed by atoms with Crippen LogP contribution in [-0.4, -0.2) is 15.0 Å². The Bertz CT molecular complexity index is 504. The van der Waals surface area contributed by atoms with Crippen molar-refractivity contribution in [2.24, 2.45) is 0 Å². The minimum absolute atomic E-state index is 0.178. The van der Waals surface area contributed by atoms with Crippen molar-refractivity contribution in [1.29, 1.82) is 0 Å². The van der Waals surface area contributed by atoms with Gasteiger partial charge in [0.1, 0.15) is 5.82 Å². The molecule has 0 amide bonds. The van der Waals surface area contributed by atoms with E-state index in [2.05, 4.69) is 34.0 Å². The van der Waals surface area contributed by atoms with E-state index in [0.717, 1.165) is 6.42 Å². The van der Waals surface area contributed by atoms with E-state index in [1.165, 1.54) is 11.1 Å². The molecule has 1 aromatic carbocycles. The second-order valence-electron chi connectivity index (χ2n) is 3.89. The molecule has 4 N–H and O–H groups in total. The van der Waals surface area contributed by atoms with Crippen LogP contribution in [-0.2, 0) is 12.8 Å². The Morgan fingerprint density at radius 1 is 0.941 bits per heavy atom. The van der Waals surface area contributed by atoms with E-state index >= 15 is 0 Å². The Hall–Kier alpha value is -2.17. The van der Waals surface area contributed by atoms with Gasteiger partial charge in [-0.1, -0.05) is 24.3 Å². The van der Waals surface area contributed by atoms with Crippen molar-refractivity contribution < 1.29 is 0 Å². The number of aryl methyl sites for hydroxylation is 3. The third-order valence-corrected chi connectivity index (χ3v) is 2.60. The number of nitrogens with zero attached hydrogens (tertiary/aromatic N) is 3. The molecule has 0 aliphatic carbocycles. The third-order valence-electron chi connectivity index (χ3n) is 2.60. The van der Waals surface area contributed by atoms with E-state index in [-0.39, 0.29) is 11.9 Å². The van der Waals surface area contributed by atoms with Gasteiger partial charge >= 0.3 is 0 Å². The van der Waals surface area contributed by atoms with E-state index in [1.54, 1.807) is 0 Å². The van der Waals surface area contributed by atoms with E-state index in [9.17, 15) is 0 Å². The molecule has 1 aromatic heterocycles. The van der Waals surface area contributed by atoms with E-state index in [0.29, 0.717) is 12.2 Å². The van der Waals surface area contributed by atoms with Crippen molar-refractivity contribution in [2.75, 3.05) is 11.5 Å². The number of nitrogen functional groups attached to an aromatic ring is 2. The van der Waals surface area contributed by atoms with E-state index < -0.39 is 0 Å². The van der Waals surface area contributed by atoms with Crippen LogP contribution in [0.15, 0.2) is 24.3 Å². The quantitative estimate of drug-likeness (QED) is 0.823. The van der Waals surface area contributed by atoms with Gasteiger partial charge in [0.15, 0.2) is 0 Å². The molecule has 0 aliphatic rings. The summed E-state index contributed by atoms with van der Waals surface area (Å²) in [5.74, 6) is 0.993. The molecule has 0 atom stereocenters. The average Bonchev–Trinajstić information content (AvgIpc) is 2.27. The summed E-state index contributed by atoms with van der Waals surface area (Å²) in [7, 11) is 0. The number of nitrogens with two attached hydrogens (primary N) is 2. The molecule has 0 aliphatic heterocycles. The largest absolute Gasteiger partial charge is 0.368 e. The lowest BCUT2D eigenvalue weighted by molar-refractivity contribution is 0.843. The molecule has 17 heavy (non-hydrogen) atoms. The van der Waals surface area contributed by atoms with Gasteiger partial charge in [0.05, 0.1) is 0 Å². The van der Waals surface area contributed by atoms with E-state index in [4.69, 9.17) is 11.5 Å². The normalized spacial score (nSPS) is 10.4. The average molecular weight is 229 g/mol.